The number of methoxy groups -OCH3 is 1. The lowest BCUT2D eigenvalue weighted by atomic mass is 10.1. The minimum atomic E-state index is -3.77. The first kappa shape index (κ1) is 27.5. The molecule has 0 bridgehead atoms. The fraction of sp³-hybridized carbons (Fsp3) is 0.680. The van der Waals surface area contributed by atoms with Crippen molar-refractivity contribution in [1.82, 2.24) is 0 Å². The van der Waals surface area contributed by atoms with Gasteiger partial charge >= 0.3 is 10.3 Å². The highest BCUT2D eigenvalue weighted by atomic mass is 32.2. The molecule has 0 aromatic heterocycles. The molecule has 0 radical (unpaired) electrons. The van der Waals surface area contributed by atoms with Gasteiger partial charge < -0.3 is 4.74 Å². The summed E-state index contributed by atoms with van der Waals surface area (Å²) >= 11 is 0. The van der Waals surface area contributed by atoms with Crippen LogP contribution in [0.5, 0.6) is 5.75 Å². The van der Waals surface area contributed by atoms with Crippen LogP contribution in [0.3, 0.4) is 0 Å². The Hall–Kier alpha value is -1.53. The first-order valence-corrected chi connectivity index (χ1v) is 13.4. The molecule has 0 unspecified atom stereocenters. The summed E-state index contributed by atoms with van der Waals surface area (Å²) in [6.45, 7) is 2.47. The number of hydrogen-bond acceptors (Lipinski definition) is 4. The van der Waals surface area contributed by atoms with Crippen molar-refractivity contribution < 1.29 is 17.3 Å². The second kappa shape index (κ2) is 18.1. The van der Waals surface area contributed by atoms with E-state index in [1.54, 1.807) is 31.4 Å². The quantitative estimate of drug-likeness (QED) is 0.165. The number of unbranched alkanes of at least 4 members (excludes halogenated alkanes) is 12. The molecule has 0 aliphatic carbocycles. The van der Waals surface area contributed by atoms with Crippen molar-refractivity contribution in [2.45, 2.75) is 96.8 Å². The minimum Gasteiger partial charge on any atom is -0.497 e. The Morgan fingerprint density at radius 2 is 1.29 bits per heavy atom. The fourth-order valence-electron chi connectivity index (χ4n) is 3.35. The number of benzene rings is 1. The van der Waals surface area contributed by atoms with Gasteiger partial charge in [0.05, 0.1) is 19.4 Å². The average Bonchev–Trinajstić information content (AvgIpc) is 2.76. The number of allylic oxidation sites excluding steroid dienone is 2. The summed E-state index contributed by atoms with van der Waals surface area (Å²) in [6.07, 6.45) is 21.8. The number of ether oxygens (including phenoxy) is 1. The molecule has 0 fully saturated rings. The molecule has 178 valence electrons. The maximum Gasteiger partial charge on any atom is 0.359 e. The number of rotatable bonds is 20. The average molecular weight is 454 g/mol. The lowest BCUT2D eigenvalue weighted by Crippen LogP contribution is -2.16. The van der Waals surface area contributed by atoms with E-state index in [0.29, 0.717) is 11.4 Å². The van der Waals surface area contributed by atoms with Crippen molar-refractivity contribution in [3.63, 3.8) is 0 Å². The van der Waals surface area contributed by atoms with Crippen molar-refractivity contribution in [3.8, 4) is 5.75 Å². The molecule has 1 aromatic rings. The smallest absolute Gasteiger partial charge is 0.359 e. The topological polar surface area (TPSA) is 64.6 Å². The van der Waals surface area contributed by atoms with E-state index in [1.807, 2.05) is 0 Å². The van der Waals surface area contributed by atoms with E-state index in [1.165, 1.54) is 70.6 Å². The van der Waals surface area contributed by atoms with Gasteiger partial charge in [-0.3, -0.25) is 8.91 Å². The van der Waals surface area contributed by atoms with Crippen LogP contribution in [0.15, 0.2) is 36.4 Å². The van der Waals surface area contributed by atoms with Crippen LogP contribution in [0.25, 0.3) is 0 Å². The summed E-state index contributed by atoms with van der Waals surface area (Å²) < 4.78 is 36.4. The monoisotopic (exact) mass is 453 g/mol. The molecule has 0 aliphatic heterocycles. The summed E-state index contributed by atoms with van der Waals surface area (Å²) in [5.74, 6) is 0.674. The molecule has 0 amide bonds. The molecule has 0 spiro atoms. The van der Waals surface area contributed by atoms with Crippen LogP contribution < -0.4 is 9.46 Å². The van der Waals surface area contributed by atoms with Gasteiger partial charge in [0.15, 0.2) is 0 Å². The third-order valence-electron chi connectivity index (χ3n) is 5.23. The first-order chi connectivity index (χ1) is 15.1. The van der Waals surface area contributed by atoms with Gasteiger partial charge in [0, 0.05) is 0 Å². The summed E-state index contributed by atoms with van der Waals surface area (Å²) in [6, 6.07) is 6.68. The lowest BCUT2D eigenvalue weighted by Gasteiger charge is -2.09. The van der Waals surface area contributed by atoms with Crippen LogP contribution in [-0.2, 0) is 14.5 Å². The van der Waals surface area contributed by atoms with E-state index in [-0.39, 0.29) is 6.61 Å². The highest BCUT2D eigenvalue weighted by molar-refractivity contribution is 7.88. The SMILES string of the molecule is CCCCCCCC/C=C\CCCCCCCCOS(=O)(=O)Nc1ccc(OC)cc1. The highest BCUT2D eigenvalue weighted by Gasteiger charge is 2.10. The molecule has 0 atom stereocenters. The molecular formula is C25H43NO4S. The predicted molar refractivity (Wildman–Crippen MR) is 131 cm³/mol. The Labute approximate surface area is 190 Å². The van der Waals surface area contributed by atoms with E-state index < -0.39 is 10.3 Å². The van der Waals surface area contributed by atoms with E-state index >= 15 is 0 Å². The molecule has 0 saturated heterocycles. The van der Waals surface area contributed by atoms with Crippen molar-refractivity contribution in [1.29, 1.82) is 0 Å². The molecule has 1 aromatic carbocycles. The predicted octanol–water partition coefficient (Wildman–Crippen LogP) is 7.41. The van der Waals surface area contributed by atoms with E-state index in [9.17, 15) is 8.42 Å². The molecule has 0 heterocycles. The largest absolute Gasteiger partial charge is 0.497 e. The third-order valence-corrected chi connectivity index (χ3v) is 6.19. The molecule has 0 aliphatic rings. The van der Waals surface area contributed by atoms with Crippen LogP contribution in [0.1, 0.15) is 96.8 Å². The third kappa shape index (κ3) is 15.9. The number of anilines is 1. The Kier molecular flexibility index (Phi) is 16.0. The van der Waals surface area contributed by atoms with E-state index in [2.05, 4.69) is 23.8 Å². The van der Waals surface area contributed by atoms with Gasteiger partial charge in [0.2, 0.25) is 0 Å². The van der Waals surface area contributed by atoms with Crippen LogP contribution in [-0.4, -0.2) is 22.1 Å². The second-order valence-electron chi connectivity index (χ2n) is 8.04. The Balaban J connectivity index is 1.92. The molecule has 0 saturated carbocycles. The fourth-order valence-corrected chi connectivity index (χ4v) is 4.17. The van der Waals surface area contributed by atoms with Crippen LogP contribution in [0, 0.1) is 0 Å². The van der Waals surface area contributed by atoms with Gasteiger partial charge in [-0.15, -0.1) is 0 Å². The molecular weight excluding hydrogens is 410 g/mol. The molecule has 5 nitrogen and oxygen atoms in total. The Morgan fingerprint density at radius 1 is 0.774 bits per heavy atom. The minimum absolute atomic E-state index is 0.215. The van der Waals surface area contributed by atoms with Gasteiger partial charge in [0.1, 0.15) is 5.75 Å². The van der Waals surface area contributed by atoms with Gasteiger partial charge in [-0.1, -0.05) is 76.9 Å². The summed E-state index contributed by atoms with van der Waals surface area (Å²) in [5.41, 5.74) is 0.460. The zero-order chi connectivity index (χ0) is 22.6. The standard InChI is InChI=1S/C25H43NO4S/c1-3-4-5-6-7-8-9-10-11-12-13-14-15-16-17-18-23-30-31(27,28)26-24-19-21-25(29-2)22-20-24/h10-11,19-22,26H,3-9,12-18,23H2,1-2H3/b11-10-. The van der Waals surface area contributed by atoms with Crippen LogP contribution in [0.2, 0.25) is 0 Å². The first-order valence-electron chi connectivity index (χ1n) is 12.0. The Bertz CT molecular complexity index is 671. The van der Waals surface area contributed by atoms with Crippen molar-refractivity contribution >= 4 is 16.0 Å². The van der Waals surface area contributed by atoms with Crippen molar-refractivity contribution in [2.75, 3.05) is 18.4 Å². The number of nitrogens with one attached hydrogen (secondary N) is 1. The van der Waals surface area contributed by atoms with Gasteiger partial charge in [0.25, 0.3) is 0 Å². The maximum absolute atomic E-state index is 11.9. The Morgan fingerprint density at radius 3 is 1.84 bits per heavy atom. The van der Waals surface area contributed by atoms with Gasteiger partial charge in [-0.2, -0.15) is 8.42 Å². The number of hydrogen-bond donors (Lipinski definition) is 1. The van der Waals surface area contributed by atoms with Gasteiger partial charge in [-0.05, 0) is 56.4 Å². The zero-order valence-corrected chi connectivity index (χ0v) is 20.4. The highest BCUT2D eigenvalue weighted by Crippen LogP contribution is 2.17. The molecule has 6 heteroatoms. The van der Waals surface area contributed by atoms with E-state index in [4.69, 9.17) is 8.92 Å². The summed E-state index contributed by atoms with van der Waals surface area (Å²) in [5, 5.41) is 0. The maximum atomic E-state index is 11.9. The second-order valence-corrected chi connectivity index (χ2v) is 9.39. The zero-order valence-electron chi connectivity index (χ0n) is 19.6. The lowest BCUT2D eigenvalue weighted by molar-refractivity contribution is 0.309. The van der Waals surface area contributed by atoms with Crippen molar-refractivity contribution in [2.24, 2.45) is 0 Å². The van der Waals surface area contributed by atoms with E-state index in [0.717, 1.165) is 19.3 Å². The summed E-state index contributed by atoms with van der Waals surface area (Å²) in [4.78, 5) is 0. The molecule has 31 heavy (non-hydrogen) atoms. The van der Waals surface area contributed by atoms with Gasteiger partial charge in [-0.25, -0.2) is 0 Å². The summed E-state index contributed by atoms with van der Waals surface area (Å²) in [7, 11) is -2.21. The molecule has 1 rings (SSSR count). The van der Waals surface area contributed by atoms with Crippen LogP contribution >= 0.6 is 0 Å². The van der Waals surface area contributed by atoms with Crippen LogP contribution in [0.4, 0.5) is 5.69 Å². The normalized spacial score (nSPS) is 11.8. The van der Waals surface area contributed by atoms with Crippen molar-refractivity contribution in [3.05, 3.63) is 36.4 Å². The molecule has 1 N–H and O–H groups in total.